The highest BCUT2D eigenvalue weighted by atomic mass is 16.3. The van der Waals surface area contributed by atoms with Gasteiger partial charge < -0.3 is 20.2 Å². The molecule has 8 nitrogen and oxygen atoms in total. The maximum absolute atomic E-state index is 8.92. The Morgan fingerprint density at radius 2 is 1.78 bits per heavy atom. The number of nitrogens with zero attached hydrogens (tertiary/aromatic N) is 4. The molecule has 5 aromatic rings. The van der Waals surface area contributed by atoms with Gasteiger partial charge in [-0.3, -0.25) is 0 Å². The second-order valence-electron chi connectivity index (χ2n) is 9.11. The van der Waals surface area contributed by atoms with Gasteiger partial charge in [-0.15, -0.1) is 0 Å². The van der Waals surface area contributed by atoms with E-state index in [1.807, 2.05) is 50.5 Å². The highest BCUT2D eigenvalue weighted by molar-refractivity contribution is 5.85. The lowest BCUT2D eigenvalue weighted by molar-refractivity contribution is 0.292. The summed E-state index contributed by atoms with van der Waals surface area (Å²) in [6.07, 6.45) is 6.05. The number of benzene rings is 2. The molecule has 37 heavy (non-hydrogen) atoms. The molecule has 1 atom stereocenters. The minimum atomic E-state index is 0.0149. The van der Waals surface area contributed by atoms with Crippen LogP contribution in [0.25, 0.3) is 33.4 Å². The van der Waals surface area contributed by atoms with E-state index in [1.165, 1.54) is 0 Å². The Kier molecular flexibility index (Phi) is 7.09. The average molecular weight is 495 g/mol. The van der Waals surface area contributed by atoms with E-state index in [2.05, 4.69) is 61.8 Å². The van der Waals surface area contributed by atoms with E-state index in [0.717, 1.165) is 50.3 Å². The van der Waals surface area contributed by atoms with Crippen LogP contribution in [-0.4, -0.2) is 38.2 Å². The molecular weight excluding hydrogens is 464 g/mol. The molecule has 0 radical (unpaired) electrons. The third kappa shape index (κ3) is 5.59. The molecular formula is C29H30N6O2. The molecule has 0 saturated heterocycles. The molecule has 0 amide bonds. The van der Waals surface area contributed by atoms with Gasteiger partial charge in [0.2, 0.25) is 5.95 Å². The Bertz CT molecular complexity index is 1510. The Labute approximate surface area is 215 Å². The number of aromatic nitrogens is 4. The highest BCUT2D eigenvalue weighted by Gasteiger charge is 2.12. The van der Waals surface area contributed by atoms with Crippen molar-refractivity contribution in [3.63, 3.8) is 0 Å². The lowest BCUT2D eigenvalue weighted by Gasteiger charge is -2.17. The number of rotatable bonds is 9. The molecule has 0 bridgehead atoms. The number of aliphatic hydroxyl groups excluding tert-OH is 1. The fraction of sp³-hybridized carbons (Fsp3) is 0.241. The first-order valence-electron chi connectivity index (χ1n) is 12.4. The van der Waals surface area contributed by atoms with Crippen LogP contribution in [0.4, 0.5) is 11.8 Å². The molecule has 0 aliphatic carbocycles. The van der Waals surface area contributed by atoms with Gasteiger partial charge in [0.25, 0.3) is 0 Å². The number of hydrogen-bond acceptors (Lipinski definition) is 8. The maximum Gasteiger partial charge on any atom is 0.222 e. The zero-order chi connectivity index (χ0) is 25.8. The molecule has 3 aromatic heterocycles. The van der Waals surface area contributed by atoms with E-state index in [9.17, 15) is 0 Å². The van der Waals surface area contributed by atoms with E-state index in [0.29, 0.717) is 24.7 Å². The summed E-state index contributed by atoms with van der Waals surface area (Å²) in [5.41, 5.74) is 6.96. The third-order valence-electron chi connectivity index (χ3n) is 6.25. The van der Waals surface area contributed by atoms with Gasteiger partial charge in [-0.25, -0.2) is 19.9 Å². The van der Waals surface area contributed by atoms with Gasteiger partial charge in [-0.2, -0.15) is 0 Å². The molecule has 0 saturated carbocycles. The molecule has 5 rings (SSSR count). The van der Waals surface area contributed by atoms with E-state index < -0.39 is 0 Å². The molecule has 0 fully saturated rings. The summed E-state index contributed by atoms with van der Waals surface area (Å²) >= 11 is 0. The van der Waals surface area contributed by atoms with E-state index in [1.54, 1.807) is 6.26 Å². The Balaban J connectivity index is 1.34. The molecule has 2 aromatic carbocycles. The number of aryl methyl sites for hydroxylation is 2. The SMILES string of the molecule is Cc1nc(N[C@@H](C)c2cccc(-c3cnc(NCCCO)nc3)c2)cc(-c2ccc3occ(C)c3c2)n1. The van der Waals surface area contributed by atoms with Crippen LogP contribution in [-0.2, 0) is 0 Å². The largest absolute Gasteiger partial charge is 0.464 e. The fourth-order valence-electron chi connectivity index (χ4n) is 4.25. The van der Waals surface area contributed by atoms with Gasteiger partial charge in [0.15, 0.2) is 0 Å². The number of anilines is 2. The van der Waals surface area contributed by atoms with Crippen molar-refractivity contribution in [3.05, 3.63) is 84.1 Å². The third-order valence-corrected chi connectivity index (χ3v) is 6.25. The van der Waals surface area contributed by atoms with Crippen molar-refractivity contribution < 1.29 is 9.52 Å². The predicted molar refractivity (Wildman–Crippen MR) is 146 cm³/mol. The fourth-order valence-corrected chi connectivity index (χ4v) is 4.25. The Morgan fingerprint density at radius 1 is 0.946 bits per heavy atom. The van der Waals surface area contributed by atoms with Crippen LogP contribution in [0.1, 0.15) is 36.3 Å². The second kappa shape index (κ2) is 10.8. The molecule has 188 valence electrons. The Morgan fingerprint density at radius 3 is 2.59 bits per heavy atom. The van der Waals surface area contributed by atoms with Crippen LogP contribution in [0.3, 0.4) is 0 Å². The maximum atomic E-state index is 8.92. The second-order valence-corrected chi connectivity index (χ2v) is 9.11. The minimum Gasteiger partial charge on any atom is -0.464 e. The topological polar surface area (TPSA) is 109 Å². The van der Waals surface area contributed by atoms with Crippen molar-refractivity contribution in [2.24, 2.45) is 0 Å². The van der Waals surface area contributed by atoms with Gasteiger partial charge in [-0.1, -0.05) is 18.2 Å². The van der Waals surface area contributed by atoms with Crippen molar-refractivity contribution in [1.82, 2.24) is 19.9 Å². The van der Waals surface area contributed by atoms with Crippen LogP contribution in [0, 0.1) is 13.8 Å². The number of furan rings is 1. The monoisotopic (exact) mass is 494 g/mol. The first kappa shape index (κ1) is 24.4. The van der Waals surface area contributed by atoms with Gasteiger partial charge in [0.05, 0.1) is 12.0 Å². The molecule has 8 heteroatoms. The van der Waals surface area contributed by atoms with Crippen molar-refractivity contribution in [2.45, 2.75) is 33.2 Å². The van der Waals surface area contributed by atoms with Crippen LogP contribution >= 0.6 is 0 Å². The summed E-state index contributed by atoms with van der Waals surface area (Å²) in [6.45, 7) is 6.84. The molecule has 0 aliphatic rings. The van der Waals surface area contributed by atoms with Crippen LogP contribution in [0.15, 0.2) is 71.6 Å². The van der Waals surface area contributed by atoms with Crippen molar-refractivity contribution in [1.29, 1.82) is 0 Å². The zero-order valence-corrected chi connectivity index (χ0v) is 21.2. The Hall–Kier alpha value is -4.30. The molecule has 0 aliphatic heterocycles. The molecule has 0 spiro atoms. The average Bonchev–Trinajstić information content (AvgIpc) is 3.29. The van der Waals surface area contributed by atoms with Crippen LogP contribution in [0.5, 0.6) is 0 Å². The van der Waals surface area contributed by atoms with E-state index in [-0.39, 0.29) is 12.6 Å². The lowest BCUT2D eigenvalue weighted by atomic mass is 10.0. The first-order chi connectivity index (χ1) is 18.0. The van der Waals surface area contributed by atoms with Crippen molar-refractivity contribution >= 4 is 22.7 Å². The number of nitrogens with one attached hydrogen (secondary N) is 2. The molecule has 0 unspecified atom stereocenters. The van der Waals surface area contributed by atoms with Crippen molar-refractivity contribution in [2.75, 3.05) is 23.8 Å². The quantitative estimate of drug-likeness (QED) is 0.216. The van der Waals surface area contributed by atoms with E-state index >= 15 is 0 Å². The van der Waals surface area contributed by atoms with Gasteiger partial charge in [-0.05, 0) is 68.1 Å². The first-order valence-corrected chi connectivity index (χ1v) is 12.4. The number of fused-ring (bicyclic) bond motifs is 1. The van der Waals surface area contributed by atoms with Gasteiger partial charge in [0.1, 0.15) is 17.2 Å². The molecule has 3 N–H and O–H groups in total. The minimum absolute atomic E-state index is 0.0149. The summed E-state index contributed by atoms with van der Waals surface area (Å²) in [5.74, 6) is 2.03. The van der Waals surface area contributed by atoms with Crippen LogP contribution < -0.4 is 10.6 Å². The van der Waals surface area contributed by atoms with Crippen molar-refractivity contribution in [3.8, 4) is 22.4 Å². The molecule has 3 heterocycles. The van der Waals surface area contributed by atoms with Gasteiger partial charge >= 0.3 is 0 Å². The predicted octanol–water partition coefficient (Wildman–Crippen LogP) is 5.93. The summed E-state index contributed by atoms with van der Waals surface area (Å²) in [5, 5.41) is 16.7. The standard InChI is InChI=1S/C29H30N6O2/c1-18-17-37-27-9-8-23(13-25(18)27)26-14-28(35-20(3)34-26)33-19(2)21-6-4-7-22(12-21)24-15-31-29(32-16-24)30-10-5-11-36/h4,6-9,12-17,19,36H,5,10-11H2,1-3H3,(H,30,31,32)(H,33,34,35)/t19-/m0/s1. The summed E-state index contributed by atoms with van der Waals surface area (Å²) < 4.78 is 5.59. The smallest absolute Gasteiger partial charge is 0.222 e. The van der Waals surface area contributed by atoms with E-state index in [4.69, 9.17) is 9.52 Å². The summed E-state index contributed by atoms with van der Waals surface area (Å²) in [7, 11) is 0. The highest BCUT2D eigenvalue weighted by Crippen LogP contribution is 2.29. The van der Waals surface area contributed by atoms with Crippen LogP contribution in [0.2, 0.25) is 0 Å². The summed E-state index contributed by atoms with van der Waals surface area (Å²) in [4.78, 5) is 18.1. The summed E-state index contributed by atoms with van der Waals surface area (Å²) in [6, 6.07) is 16.4. The number of aliphatic hydroxyl groups is 1. The lowest BCUT2D eigenvalue weighted by Crippen LogP contribution is -2.09. The number of hydrogen-bond donors (Lipinski definition) is 3. The zero-order valence-electron chi connectivity index (χ0n) is 21.2. The van der Waals surface area contributed by atoms with Gasteiger partial charge in [0, 0.05) is 54.2 Å². The normalized spacial score (nSPS) is 12.0.